The summed E-state index contributed by atoms with van der Waals surface area (Å²) in [5, 5.41) is 8.97. The number of aromatic nitrogens is 3. The fraction of sp³-hybridized carbons (Fsp3) is 0.333. The van der Waals surface area contributed by atoms with Crippen molar-refractivity contribution in [1.29, 1.82) is 5.26 Å². The van der Waals surface area contributed by atoms with E-state index in [4.69, 9.17) is 10.00 Å². The first-order valence-corrected chi connectivity index (χ1v) is 10.7. The van der Waals surface area contributed by atoms with E-state index in [1.807, 2.05) is 18.5 Å². The zero-order valence-electron chi connectivity index (χ0n) is 17.8. The molecule has 0 bridgehead atoms. The summed E-state index contributed by atoms with van der Waals surface area (Å²) in [5.41, 5.74) is 1.12. The van der Waals surface area contributed by atoms with Crippen molar-refractivity contribution in [1.82, 2.24) is 15.0 Å². The van der Waals surface area contributed by atoms with E-state index in [9.17, 15) is 9.18 Å². The van der Waals surface area contributed by atoms with Gasteiger partial charge in [-0.25, -0.2) is 14.4 Å². The maximum absolute atomic E-state index is 14.6. The molecule has 3 heterocycles. The third-order valence-corrected chi connectivity index (χ3v) is 5.54. The van der Waals surface area contributed by atoms with Gasteiger partial charge in [-0.1, -0.05) is 13.3 Å². The van der Waals surface area contributed by atoms with E-state index in [-0.39, 0.29) is 22.8 Å². The predicted octanol–water partition coefficient (Wildman–Crippen LogP) is 3.84. The van der Waals surface area contributed by atoms with Gasteiger partial charge in [-0.05, 0) is 36.2 Å². The Morgan fingerprint density at radius 3 is 2.66 bits per heavy atom. The number of aryl methyl sites for hydroxylation is 1. The van der Waals surface area contributed by atoms with Crippen LogP contribution in [0.4, 0.5) is 10.3 Å². The highest BCUT2D eigenvalue weighted by Gasteiger charge is 2.24. The number of nitriles is 1. The molecule has 1 aliphatic heterocycles. The molecule has 0 saturated carbocycles. The lowest BCUT2D eigenvalue weighted by atomic mass is 10.0. The zero-order valence-corrected chi connectivity index (χ0v) is 17.8. The Balaban J connectivity index is 1.48. The average molecular weight is 433 g/mol. The monoisotopic (exact) mass is 433 g/mol. The average Bonchev–Trinajstić information content (AvgIpc) is 2.81. The summed E-state index contributed by atoms with van der Waals surface area (Å²) in [6.45, 7) is 3.57. The van der Waals surface area contributed by atoms with Crippen molar-refractivity contribution in [3.05, 3.63) is 70.2 Å². The highest BCUT2D eigenvalue weighted by atomic mass is 19.1. The zero-order chi connectivity index (χ0) is 22.5. The van der Waals surface area contributed by atoms with Gasteiger partial charge in [0.05, 0.1) is 17.2 Å². The van der Waals surface area contributed by atoms with Crippen LogP contribution in [-0.4, -0.2) is 34.1 Å². The largest absolute Gasteiger partial charge is 0.489 e. The molecule has 0 atom stereocenters. The van der Waals surface area contributed by atoms with Crippen LogP contribution in [0.2, 0.25) is 0 Å². The number of anilines is 1. The van der Waals surface area contributed by atoms with Gasteiger partial charge in [0, 0.05) is 50.1 Å². The van der Waals surface area contributed by atoms with Crippen LogP contribution in [0.15, 0.2) is 47.7 Å². The number of ether oxygens (including phenoxy) is 1. The number of hydrogen-bond donors (Lipinski definition) is 1. The lowest BCUT2D eigenvalue weighted by Gasteiger charge is -2.32. The third-order valence-electron chi connectivity index (χ3n) is 5.54. The molecule has 1 fully saturated rings. The van der Waals surface area contributed by atoms with Gasteiger partial charge < -0.3 is 14.6 Å². The fourth-order valence-corrected chi connectivity index (χ4v) is 3.88. The van der Waals surface area contributed by atoms with Crippen LogP contribution in [0.3, 0.4) is 0 Å². The standard InChI is InChI=1S/C24H24FN5O2/c1-2-3-17-14-28-24(29-15-17)30-10-7-18(8-11-30)32-21-6-9-27-23(31)22(21)19-5-4-16(13-26)12-20(19)25/h4-6,9,12,14-15,18H,2-3,7-8,10-11H2,1H3,(H,27,31). The molecule has 1 aromatic carbocycles. The first-order chi connectivity index (χ1) is 15.6. The summed E-state index contributed by atoms with van der Waals surface area (Å²) in [7, 11) is 0. The maximum atomic E-state index is 14.6. The Hall–Kier alpha value is -3.73. The summed E-state index contributed by atoms with van der Waals surface area (Å²) in [6.07, 6.45) is 8.60. The Morgan fingerprint density at radius 2 is 2.00 bits per heavy atom. The third kappa shape index (κ3) is 4.62. The molecule has 0 amide bonds. The van der Waals surface area contributed by atoms with Gasteiger partial charge in [0.15, 0.2) is 0 Å². The minimum absolute atomic E-state index is 0.110. The van der Waals surface area contributed by atoms with E-state index in [1.54, 1.807) is 6.07 Å². The summed E-state index contributed by atoms with van der Waals surface area (Å²) in [6, 6.07) is 7.58. The smallest absolute Gasteiger partial charge is 0.259 e. The summed E-state index contributed by atoms with van der Waals surface area (Å²) >= 11 is 0. The van der Waals surface area contributed by atoms with Gasteiger partial charge in [-0.2, -0.15) is 5.26 Å². The van der Waals surface area contributed by atoms with Gasteiger partial charge in [-0.15, -0.1) is 0 Å². The molecule has 1 aliphatic rings. The van der Waals surface area contributed by atoms with Gasteiger partial charge in [-0.3, -0.25) is 4.79 Å². The molecule has 0 radical (unpaired) electrons. The van der Waals surface area contributed by atoms with E-state index >= 15 is 0 Å². The molecular formula is C24H24FN5O2. The molecule has 4 rings (SSSR count). The van der Waals surface area contributed by atoms with Crippen LogP contribution in [0.1, 0.15) is 37.3 Å². The number of pyridine rings is 1. The molecule has 1 N–H and O–H groups in total. The lowest BCUT2D eigenvalue weighted by Crippen LogP contribution is -2.39. The number of hydrogen-bond acceptors (Lipinski definition) is 6. The first kappa shape index (κ1) is 21.5. The number of rotatable bonds is 6. The number of benzene rings is 1. The summed E-state index contributed by atoms with van der Waals surface area (Å²) < 4.78 is 20.7. The quantitative estimate of drug-likeness (QED) is 0.635. The molecule has 3 aromatic rings. The van der Waals surface area contributed by atoms with Crippen molar-refractivity contribution in [3.8, 4) is 22.9 Å². The summed E-state index contributed by atoms with van der Waals surface area (Å²) in [4.78, 5) is 26.2. The number of nitrogens with one attached hydrogen (secondary N) is 1. The second-order valence-corrected chi connectivity index (χ2v) is 7.80. The lowest BCUT2D eigenvalue weighted by molar-refractivity contribution is 0.171. The van der Waals surface area contributed by atoms with Crippen LogP contribution < -0.4 is 15.2 Å². The van der Waals surface area contributed by atoms with Crippen molar-refractivity contribution in [2.24, 2.45) is 0 Å². The molecule has 8 heteroatoms. The molecule has 0 spiro atoms. The summed E-state index contributed by atoms with van der Waals surface area (Å²) in [5.74, 6) is 0.403. The number of aromatic amines is 1. The molecule has 32 heavy (non-hydrogen) atoms. The Kier molecular flexibility index (Phi) is 6.45. The predicted molar refractivity (Wildman–Crippen MR) is 119 cm³/mol. The van der Waals surface area contributed by atoms with Crippen molar-refractivity contribution in [3.63, 3.8) is 0 Å². The van der Waals surface area contributed by atoms with Crippen LogP contribution in [-0.2, 0) is 6.42 Å². The molecule has 164 valence electrons. The molecule has 2 aromatic heterocycles. The van der Waals surface area contributed by atoms with Gasteiger partial charge >= 0.3 is 0 Å². The number of H-pyrrole nitrogens is 1. The van der Waals surface area contributed by atoms with Crippen molar-refractivity contribution in [2.75, 3.05) is 18.0 Å². The highest BCUT2D eigenvalue weighted by molar-refractivity contribution is 5.70. The van der Waals surface area contributed by atoms with Gasteiger partial charge in [0.2, 0.25) is 5.95 Å². The van der Waals surface area contributed by atoms with Crippen molar-refractivity contribution in [2.45, 2.75) is 38.7 Å². The maximum Gasteiger partial charge on any atom is 0.259 e. The second-order valence-electron chi connectivity index (χ2n) is 7.80. The van der Waals surface area contributed by atoms with E-state index in [0.717, 1.165) is 50.4 Å². The Morgan fingerprint density at radius 1 is 1.25 bits per heavy atom. The number of nitrogens with zero attached hydrogens (tertiary/aromatic N) is 4. The van der Waals surface area contributed by atoms with Crippen LogP contribution in [0.5, 0.6) is 5.75 Å². The highest BCUT2D eigenvalue weighted by Crippen LogP contribution is 2.31. The number of piperidine rings is 1. The van der Waals surface area contributed by atoms with E-state index < -0.39 is 11.4 Å². The van der Waals surface area contributed by atoms with Crippen LogP contribution in [0, 0.1) is 17.1 Å². The van der Waals surface area contributed by atoms with Gasteiger partial charge in [0.1, 0.15) is 17.7 Å². The molecule has 0 unspecified atom stereocenters. The molecule has 1 saturated heterocycles. The van der Waals surface area contributed by atoms with Gasteiger partial charge in [0.25, 0.3) is 5.56 Å². The minimum atomic E-state index is -0.635. The minimum Gasteiger partial charge on any atom is -0.489 e. The SMILES string of the molecule is CCCc1cnc(N2CCC(Oc3cc[nH]c(=O)c3-c3ccc(C#N)cc3F)CC2)nc1. The first-order valence-electron chi connectivity index (χ1n) is 10.7. The van der Waals surface area contributed by atoms with Crippen LogP contribution in [0.25, 0.3) is 11.1 Å². The molecule has 7 nitrogen and oxygen atoms in total. The van der Waals surface area contributed by atoms with Crippen molar-refractivity contribution < 1.29 is 9.13 Å². The van der Waals surface area contributed by atoms with E-state index in [0.29, 0.717) is 11.7 Å². The van der Waals surface area contributed by atoms with Crippen molar-refractivity contribution >= 4 is 5.95 Å². The van der Waals surface area contributed by atoms with E-state index in [1.165, 1.54) is 18.3 Å². The topological polar surface area (TPSA) is 94.9 Å². The molecule has 0 aliphatic carbocycles. The molecular weight excluding hydrogens is 409 g/mol. The normalized spacial score (nSPS) is 14.2. The van der Waals surface area contributed by atoms with Crippen LogP contribution >= 0.6 is 0 Å². The number of halogens is 1. The fourth-order valence-electron chi connectivity index (χ4n) is 3.88. The second kappa shape index (κ2) is 9.60. The Bertz CT molecular complexity index is 1180. The Labute approximate surface area is 185 Å². The van der Waals surface area contributed by atoms with E-state index in [2.05, 4.69) is 26.8 Å².